The van der Waals surface area contributed by atoms with Crippen LogP contribution in [-0.2, 0) is 12.3 Å². The third kappa shape index (κ3) is 1.70. The van der Waals surface area contributed by atoms with Gasteiger partial charge in [0.05, 0.1) is 12.5 Å². The topological polar surface area (TPSA) is 9.23 Å². The largest absolute Gasteiger partial charge is 0.493 e. The summed E-state index contributed by atoms with van der Waals surface area (Å²) in [5, 5.41) is 0. The molecule has 1 aliphatic rings. The van der Waals surface area contributed by atoms with E-state index in [4.69, 9.17) is 16.3 Å². The van der Waals surface area contributed by atoms with Crippen molar-refractivity contribution in [2.45, 2.75) is 18.7 Å². The van der Waals surface area contributed by atoms with E-state index in [0.29, 0.717) is 5.88 Å². The van der Waals surface area contributed by atoms with Crippen LogP contribution in [-0.4, -0.2) is 6.61 Å². The minimum Gasteiger partial charge on any atom is -0.493 e. The molecule has 0 N–H and O–H groups in total. The van der Waals surface area contributed by atoms with Crippen LogP contribution in [0.25, 0.3) is 0 Å². The van der Waals surface area contributed by atoms with E-state index >= 15 is 0 Å². The Labute approximate surface area is 91.2 Å². The molecule has 0 aromatic heterocycles. The van der Waals surface area contributed by atoms with Gasteiger partial charge in [0.15, 0.2) is 0 Å². The zero-order valence-corrected chi connectivity index (χ0v) is 9.49. The Kier molecular flexibility index (Phi) is 2.80. The van der Waals surface area contributed by atoms with E-state index in [-0.39, 0.29) is 0 Å². The molecule has 0 saturated heterocycles. The molecule has 0 atom stereocenters. The standard InChI is InChI=1S/C10H10BrClO/c11-9-4-3-7(6-12)10-8(9)2-1-5-13-10/h3-4H,1-2,5-6H2. The Morgan fingerprint density at radius 2 is 2.31 bits per heavy atom. The van der Waals surface area contributed by atoms with Crippen LogP contribution in [0.5, 0.6) is 5.75 Å². The van der Waals surface area contributed by atoms with Crippen LogP contribution < -0.4 is 4.74 Å². The minimum atomic E-state index is 0.523. The third-order valence-corrected chi connectivity index (χ3v) is 3.28. The van der Waals surface area contributed by atoms with Gasteiger partial charge in [-0.1, -0.05) is 22.0 Å². The normalized spacial score (nSPS) is 14.9. The van der Waals surface area contributed by atoms with Crippen molar-refractivity contribution in [1.82, 2.24) is 0 Å². The van der Waals surface area contributed by atoms with Crippen LogP contribution in [0.2, 0.25) is 0 Å². The number of hydrogen-bond acceptors (Lipinski definition) is 1. The van der Waals surface area contributed by atoms with Crippen molar-refractivity contribution < 1.29 is 4.74 Å². The van der Waals surface area contributed by atoms with Crippen LogP contribution in [0.1, 0.15) is 17.5 Å². The lowest BCUT2D eigenvalue weighted by Gasteiger charge is -2.20. The molecule has 0 radical (unpaired) electrons. The summed E-state index contributed by atoms with van der Waals surface area (Å²) >= 11 is 9.34. The van der Waals surface area contributed by atoms with E-state index in [9.17, 15) is 0 Å². The van der Waals surface area contributed by atoms with E-state index in [1.165, 1.54) is 5.56 Å². The molecule has 1 aromatic rings. The first kappa shape index (κ1) is 9.35. The van der Waals surface area contributed by atoms with Gasteiger partial charge in [0.2, 0.25) is 0 Å². The predicted octanol–water partition coefficient (Wildman–Crippen LogP) is 3.51. The summed E-state index contributed by atoms with van der Waals surface area (Å²) in [6.07, 6.45) is 2.18. The average Bonchev–Trinajstić information content (AvgIpc) is 2.19. The summed E-state index contributed by atoms with van der Waals surface area (Å²) in [5.74, 6) is 1.52. The van der Waals surface area contributed by atoms with Crippen LogP contribution >= 0.6 is 27.5 Å². The number of hydrogen-bond donors (Lipinski definition) is 0. The summed E-state index contributed by atoms with van der Waals surface area (Å²) in [7, 11) is 0. The molecule has 70 valence electrons. The Morgan fingerprint density at radius 1 is 1.46 bits per heavy atom. The Bertz CT molecular complexity index is 325. The number of benzene rings is 1. The van der Waals surface area contributed by atoms with Gasteiger partial charge in [-0.05, 0) is 18.9 Å². The molecule has 0 spiro atoms. The molecule has 1 heterocycles. The Hall–Kier alpha value is -0.210. The maximum Gasteiger partial charge on any atom is 0.128 e. The summed E-state index contributed by atoms with van der Waals surface area (Å²) in [5.41, 5.74) is 2.36. The first-order valence-electron chi connectivity index (χ1n) is 4.32. The van der Waals surface area contributed by atoms with Gasteiger partial charge in [-0.15, -0.1) is 11.6 Å². The summed E-state index contributed by atoms with van der Waals surface area (Å²) in [6.45, 7) is 0.813. The maximum atomic E-state index is 5.82. The first-order chi connectivity index (χ1) is 6.33. The Morgan fingerprint density at radius 3 is 3.08 bits per heavy atom. The van der Waals surface area contributed by atoms with Gasteiger partial charge >= 0.3 is 0 Å². The molecule has 0 amide bonds. The fraction of sp³-hybridized carbons (Fsp3) is 0.400. The average molecular weight is 262 g/mol. The van der Waals surface area contributed by atoms with Crippen LogP contribution in [0.3, 0.4) is 0 Å². The van der Waals surface area contributed by atoms with Crippen molar-refractivity contribution in [2.75, 3.05) is 6.61 Å². The SMILES string of the molecule is ClCc1ccc(Br)c2c1OCCC2. The highest BCUT2D eigenvalue weighted by molar-refractivity contribution is 9.10. The smallest absolute Gasteiger partial charge is 0.128 e. The molecular weight excluding hydrogens is 251 g/mol. The second-order valence-corrected chi connectivity index (χ2v) is 4.22. The second-order valence-electron chi connectivity index (χ2n) is 3.10. The maximum absolute atomic E-state index is 5.82. The molecule has 1 aromatic carbocycles. The van der Waals surface area contributed by atoms with Crippen molar-refractivity contribution >= 4 is 27.5 Å². The number of halogens is 2. The van der Waals surface area contributed by atoms with Crippen molar-refractivity contribution in [3.63, 3.8) is 0 Å². The highest BCUT2D eigenvalue weighted by Crippen LogP contribution is 2.35. The zero-order chi connectivity index (χ0) is 9.26. The van der Waals surface area contributed by atoms with Crippen molar-refractivity contribution in [3.8, 4) is 5.75 Å². The zero-order valence-electron chi connectivity index (χ0n) is 7.15. The molecule has 2 rings (SSSR count). The van der Waals surface area contributed by atoms with Crippen molar-refractivity contribution in [1.29, 1.82) is 0 Å². The molecule has 0 aliphatic carbocycles. The van der Waals surface area contributed by atoms with Gasteiger partial charge in [0.1, 0.15) is 5.75 Å². The molecular formula is C10H10BrClO. The first-order valence-corrected chi connectivity index (χ1v) is 5.64. The van der Waals surface area contributed by atoms with E-state index in [2.05, 4.69) is 15.9 Å². The van der Waals surface area contributed by atoms with Crippen LogP contribution in [0.15, 0.2) is 16.6 Å². The van der Waals surface area contributed by atoms with Crippen LogP contribution in [0.4, 0.5) is 0 Å². The number of fused-ring (bicyclic) bond motifs is 1. The molecule has 0 bridgehead atoms. The lowest BCUT2D eigenvalue weighted by molar-refractivity contribution is 0.285. The van der Waals surface area contributed by atoms with Crippen molar-refractivity contribution in [2.24, 2.45) is 0 Å². The highest BCUT2D eigenvalue weighted by atomic mass is 79.9. The highest BCUT2D eigenvalue weighted by Gasteiger charge is 2.16. The third-order valence-electron chi connectivity index (χ3n) is 2.25. The predicted molar refractivity (Wildman–Crippen MR) is 57.5 cm³/mol. The van der Waals surface area contributed by atoms with Gasteiger partial charge < -0.3 is 4.74 Å². The van der Waals surface area contributed by atoms with E-state index in [1.54, 1.807) is 0 Å². The molecule has 0 fully saturated rings. The van der Waals surface area contributed by atoms with E-state index < -0.39 is 0 Å². The lowest BCUT2D eigenvalue weighted by atomic mass is 10.0. The number of ether oxygens (including phenoxy) is 1. The molecule has 1 nitrogen and oxygen atoms in total. The molecule has 3 heteroatoms. The Balaban J connectivity index is 2.52. The van der Waals surface area contributed by atoms with Gasteiger partial charge in [-0.25, -0.2) is 0 Å². The molecule has 1 aliphatic heterocycles. The fourth-order valence-electron chi connectivity index (χ4n) is 1.59. The fourth-order valence-corrected chi connectivity index (χ4v) is 2.31. The van der Waals surface area contributed by atoms with Crippen molar-refractivity contribution in [3.05, 3.63) is 27.7 Å². The van der Waals surface area contributed by atoms with Gasteiger partial charge in [-0.2, -0.15) is 0 Å². The van der Waals surface area contributed by atoms with E-state index in [1.807, 2.05) is 12.1 Å². The summed E-state index contributed by atoms with van der Waals surface area (Å²) < 4.78 is 6.75. The number of rotatable bonds is 1. The minimum absolute atomic E-state index is 0.523. The van der Waals surface area contributed by atoms with Gasteiger partial charge in [0, 0.05) is 15.6 Å². The number of alkyl halides is 1. The lowest BCUT2D eigenvalue weighted by Crippen LogP contribution is -2.10. The molecule has 13 heavy (non-hydrogen) atoms. The molecule has 0 unspecified atom stereocenters. The summed E-state index contributed by atoms with van der Waals surface area (Å²) in [4.78, 5) is 0. The second kappa shape index (κ2) is 3.89. The monoisotopic (exact) mass is 260 g/mol. The van der Waals surface area contributed by atoms with E-state index in [0.717, 1.165) is 35.2 Å². The molecule has 0 saturated carbocycles. The van der Waals surface area contributed by atoms with Gasteiger partial charge in [-0.3, -0.25) is 0 Å². The van der Waals surface area contributed by atoms with Gasteiger partial charge in [0.25, 0.3) is 0 Å². The quantitative estimate of drug-likeness (QED) is 0.703. The summed E-state index contributed by atoms with van der Waals surface area (Å²) in [6, 6.07) is 4.06. The van der Waals surface area contributed by atoms with Crippen LogP contribution in [0, 0.1) is 0 Å².